The highest BCUT2D eigenvalue weighted by Gasteiger charge is 2.30. The van der Waals surface area contributed by atoms with Gasteiger partial charge >= 0.3 is 5.97 Å². The number of hydrogen-bond donors (Lipinski definition) is 1. The van der Waals surface area contributed by atoms with Crippen LogP contribution in [0.4, 0.5) is 5.69 Å². The average molecular weight is 264 g/mol. The molecular formula is C13H16N2O4. The van der Waals surface area contributed by atoms with Crippen molar-refractivity contribution in [3.8, 4) is 0 Å². The number of benzene rings is 1. The predicted octanol–water partition coefficient (Wildman–Crippen LogP) is 1.95. The summed E-state index contributed by atoms with van der Waals surface area (Å²) < 4.78 is 0. The van der Waals surface area contributed by atoms with Gasteiger partial charge in [0.2, 0.25) is 0 Å². The first kappa shape index (κ1) is 13.5. The van der Waals surface area contributed by atoms with Gasteiger partial charge in [-0.3, -0.25) is 19.8 Å². The number of hydrogen-bond acceptors (Lipinski definition) is 4. The number of likely N-dealkylation sites (tertiary alicyclic amines) is 1. The van der Waals surface area contributed by atoms with Gasteiger partial charge in [-0.15, -0.1) is 0 Å². The molecule has 1 aromatic rings. The minimum atomic E-state index is -0.819. The van der Waals surface area contributed by atoms with Gasteiger partial charge in [-0.1, -0.05) is 12.1 Å². The summed E-state index contributed by atoms with van der Waals surface area (Å²) in [6, 6.07) is 4.46. The molecule has 6 nitrogen and oxygen atoms in total. The van der Waals surface area contributed by atoms with Crippen LogP contribution in [0.5, 0.6) is 0 Å². The van der Waals surface area contributed by atoms with Crippen LogP contribution in [0.2, 0.25) is 0 Å². The molecule has 6 heteroatoms. The SMILES string of the molecule is Cc1c(CN2CCC[C@H]2C(=O)O)cccc1[N+](=O)[O-]. The fourth-order valence-electron chi connectivity index (χ4n) is 2.55. The Morgan fingerprint density at radius 2 is 2.32 bits per heavy atom. The highest BCUT2D eigenvalue weighted by atomic mass is 16.6. The van der Waals surface area contributed by atoms with Crippen molar-refractivity contribution in [1.82, 2.24) is 4.90 Å². The monoisotopic (exact) mass is 264 g/mol. The maximum Gasteiger partial charge on any atom is 0.320 e. The molecule has 0 saturated carbocycles. The molecule has 0 aromatic heterocycles. The van der Waals surface area contributed by atoms with Crippen molar-refractivity contribution in [3.05, 3.63) is 39.4 Å². The van der Waals surface area contributed by atoms with E-state index in [9.17, 15) is 14.9 Å². The van der Waals surface area contributed by atoms with Crippen molar-refractivity contribution in [2.75, 3.05) is 6.54 Å². The van der Waals surface area contributed by atoms with Crippen LogP contribution in [0.15, 0.2) is 18.2 Å². The highest BCUT2D eigenvalue weighted by molar-refractivity contribution is 5.73. The summed E-state index contributed by atoms with van der Waals surface area (Å²) in [5.74, 6) is -0.819. The second-order valence-corrected chi connectivity index (χ2v) is 4.79. The van der Waals surface area contributed by atoms with Crippen molar-refractivity contribution in [2.24, 2.45) is 0 Å². The second kappa shape index (κ2) is 5.36. The van der Waals surface area contributed by atoms with Crippen LogP contribution in [-0.2, 0) is 11.3 Å². The number of nitro groups is 1. The molecule has 0 amide bonds. The van der Waals surface area contributed by atoms with Crippen molar-refractivity contribution in [3.63, 3.8) is 0 Å². The van der Waals surface area contributed by atoms with Crippen LogP contribution in [0, 0.1) is 17.0 Å². The summed E-state index contributed by atoms with van der Waals surface area (Å²) in [6.45, 7) is 2.88. The molecule has 1 aliphatic rings. The summed E-state index contributed by atoms with van der Waals surface area (Å²) in [4.78, 5) is 23.5. The van der Waals surface area contributed by atoms with Crippen LogP contribution in [0.3, 0.4) is 0 Å². The van der Waals surface area contributed by atoms with Gasteiger partial charge in [-0.2, -0.15) is 0 Å². The fraction of sp³-hybridized carbons (Fsp3) is 0.462. The lowest BCUT2D eigenvalue weighted by Crippen LogP contribution is -2.35. The molecule has 0 radical (unpaired) electrons. The van der Waals surface area contributed by atoms with Crippen LogP contribution < -0.4 is 0 Å². The fourth-order valence-corrected chi connectivity index (χ4v) is 2.55. The van der Waals surface area contributed by atoms with E-state index in [1.807, 2.05) is 11.0 Å². The van der Waals surface area contributed by atoms with Gasteiger partial charge in [0.25, 0.3) is 5.69 Å². The summed E-state index contributed by atoms with van der Waals surface area (Å²) in [6.07, 6.45) is 1.49. The molecule has 0 spiro atoms. The smallest absolute Gasteiger partial charge is 0.320 e. The first-order chi connectivity index (χ1) is 9.00. The standard InChI is InChI=1S/C13H16N2O4/c1-9-10(4-2-5-11(9)15(18)19)8-14-7-3-6-12(14)13(16)17/h2,4-5,12H,3,6-8H2,1H3,(H,16,17)/t12-/m0/s1. The lowest BCUT2D eigenvalue weighted by atomic mass is 10.1. The first-order valence-electron chi connectivity index (χ1n) is 6.20. The van der Waals surface area contributed by atoms with E-state index < -0.39 is 16.9 Å². The largest absolute Gasteiger partial charge is 0.480 e. The molecular weight excluding hydrogens is 248 g/mol. The molecule has 1 saturated heterocycles. The molecule has 1 N–H and O–H groups in total. The van der Waals surface area contributed by atoms with E-state index in [0.29, 0.717) is 18.5 Å². The number of carbonyl (C=O) groups is 1. The summed E-state index contributed by atoms with van der Waals surface area (Å²) in [7, 11) is 0. The summed E-state index contributed by atoms with van der Waals surface area (Å²) in [5, 5.41) is 20.0. The van der Waals surface area contributed by atoms with Crippen molar-refractivity contribution in [2.45, 2.75) is 32.4 Å². The van der Waals surface area contributed by atoms with Crippen LogP contribution >= 0.6 is 0 Å². The Balaban J connectivity index is 2.22. The normalized spacial score (nSPS) is 19.5. The lowest BCUT2D eigenvalue weighted by molar-refractivity contribution is -0.385. The third-order valence-corrected chi connectivity index (χ3v) is 3.64. The molecule has 102 valence electrons. The minimum Gasteiger partial charge on any atom is -0.480 e. The maximum atomic E-state index is 11.1. The van der Waals surface area contributed by atoms with E-state index >= 15 is 0 Å². The topological polar surface area (TPSA) is 83.7 Å². The molecule has 0 aliphatic carbocycles. The summed E-state index contributed by atoms with van der Waals surface area (Å²) >= 11 is 0. The second-order valence-electron chi connectivity index (χ2n) is 4.79. The average Bonchev–Trinajstić information content (AvgIpc) is 2.79. The van der Waals surface area contributed by atoms with Crippen molar-refractivity contribution >= 4 is 11.7 Å². The van der Waals surface area contributed by atoms with Crippen LogP contribution in [0.25, 0.3) is 0 Å². The van der Waals surface area contributed by atoms with E-state index in [1.54, 1.807) is 13.0 Å². The Hall–Kier alpha value is -1.95. The Morgan fingerprint density at radius 3 is 2.95 bits per heavy atom. The maximum absolute atomic E-state index is 11.1. The number of nitrogens with zero attached hydrogens (tertiary/aromatic N) is 2. The molecule has 1 aliphatic heterocycles. The molecule has 1 fully saturated rings. The third-order valence-electron chi connectivity index (χ3n) is 3.64. The Bertz CT molecular complexity index is 515. The first-order valence-corrected chi connectivity index (χ1v) is 6.20. The Labute approximate surface area is 110 Å². The number of carboxylic acids is 1. The molecule has 1 heterocycles. The zero-order chi connectivity index (χ0) is 14.0. The van der Waals surface area contributed by atoms with Crippen molar-refractivity contribution in [1.29, 1.82) is 0 Å². The van der Waals surface area contributed by atoms with Gasteiger partial charge in [-0.05, 0) is 31.9 Å². The predicted molar refractivity (Wildman–Crippen MR) is 68.9 cm³/mol. The van der Waals surface area contributed by atoms with Crippen LogP contribution in [-0.4, -0.2) is 33.5 Å². The Kier molecular flexibility index (Phi) is 3.80. The molecule has 0 unspecified atom stereocenters. The zero-order valence-electron chi connectivity index (χ0n) is 10.7. The molecule has 0 bridgehead atoms. The highest BCUT2D eigenvalue weighted by Crippen LogP contribution is 2.25. The quantitative estimate of drug-likeness (QED) is 0.663. The number of aliphatic carboxylic acids is 1. The number of nitro benzene ring substituents is 1. The lowest BCUT2D eigenvalue weighted by Gasteiger charge is -2.21. The molecule has 19 heavy (non-hydrogen) atoms. The van der Waals surface area contributed by atoms with E-state index in [-0.39, 0.29) is 5.69 Å². The van der Waals surface area contributed by atoms with E-state index in [4.69, 9.17) is 5.11 Å². The third kappa shape index (κ3) is 2.73. The van der Waals surface area contributed by atoms with E-state index in [2.05, 4.69) is 0 Å². The number of carboxylic acid groups (broad SMARTS) is 1. The van der Waals surface area contributed by atoms with Gasteiger partial charge in [0, 0.05) is 18.2 Å². The van der Waals surface area contributed by atoms with Gasteiger partial charge in [0.15, 0.2) is 0 Å². The minimum absolute atomic E-state index is 0.0866. The molecule has 1 atom stereocenters. The zero-order valence-corrected chi connectivity index (χ0v) is 10.7. The van der Waals surface area contributed by atoms with E-state index in [1.165, 1.54) is 6.07 Å². The number of rotatable bonds is 4. The van der Waals surface area contributed by atoms with Gasteiger partial charge in [-0.25, -0.2) is 0 Å². The van der Waals surface area contributed by atoms with Crippen LogP contribution in [0.1, 0.15) is 24.0 Å². The van der Waals surface area contributed by atoms with Gasteiger partial charge in [0.05, 0.1) is 4.92 Å². The van der Waals surface area contributed by atoms with Gasteiger partial charge < -0.3 is 5.11 Å². The van der Waals surface area contributed by atoms with E-state index in [0.717, 1.165) is 18.5 Å². The van der Waals surface area contributed by atoms with Crippen molar-refractivity contribution < 1.29 is 14.8 Å². The molecule has 1 aromatic carbocycles. The van der Waals surface area contributed by atoms with Gasteiger partial charge in [0.1, 0.15) is 6.04 Å². The Morgan fingerprint density at radius 1 is 1.58 bits per heavy atom. The molecule has 2 rings (SSSR count). The summed E-state index contributed by atoms with van der Waals surface area (Å²) in [5.41, 5.74) is 1.52.